The average molecular weight is 370 g/mol. The van der Waals surface area contributed by atoms with E-state index in [-0.39, 0.29) is 17.8 Å². The molecule has 2 aromatic carbocycles. The summed E-state index contributed by atoms with van der Waals surface area (Å²) in [4.78, 5) is 22.6. The predicted octanol–water partition coefficient (Wildman–Crippen LogP) is 4.26. The number of hydrazone groups is 1. The molecule has 0 aromatic heterocycles. The lowest BCUT2D eigenvalue weighted by atomic mass is 10.1. The van der Waals surface area contributed by atoms with E-state index >= 15 is 0 Å². The van der Waals surface area contributed by atoms with Gasteiger partial charge < -0.3 is 0 Å². The Morgan fingerprint density at radius 1 is 1.08 bits per heavy atom. The van der Waals surface area contributed by atoms with E-state index in [1.165, 1.54) is 12.1 Å². The predicted molar refractivity (Wildman–Crippen MR) is 87.6 cm³/mol. The summed E-state index contributed by atoms with van der Waals surface area (Å²) in [5.74, 6) is -0.850. The molecule has 130 valence electrons. The van der Waals surface area contributed by atoms with Gasteiger partial charge in [-0.1, -0.05) is 35.0 Å². The number of halogens is 4. The zero-order chi connectivity index (χ0) is 18.4. The minimum Gasteiger partial charge on any atom is -0.267 e. The molecule has 0 heterocycles. The molecule has 0 aliphatic carbocycles. The van der Waals surface area contributed by atoms with E-state index in [4.69, 9.17) is 11.6 Å². The molecule has 5 nitrogen and oxygen atoms in total. The summed E-state index contributed by atoms with van der Waals surface area (Å²) in [6.07, 6.45) is -4.56. The first-order valence-corrected chi connectivity index (χ1v) is 7.28. The van der Waals surface area contributed by atoms with Crippen LogP contribution in [0.1, 0.15) is 21.5 Å². The number of benzene rings is 2. The summed E-state index contributed by atoms with van der Waals surface area (Å²) in [6.45, 7) is -0.344. The third-order valence-electron chi connectivity index (χ3n) is 3.12. The standard InChI is InChI=1S/C16H11ClF3N3O2/c17-13-6-2-3-10(8-13)14(9-21-25)22-23-15(24)11-4-1-5-12(7-11)16(18,19)20/h1-8H,9H2,(H,23,24). The molecule has 0 aliphatic heterocycles. The lowest BCUT2D eigenvalue weighted by Gasteiger charge is -2.08. The summed E-state index contributed by atoms with van der Waals surface area (Å²) in [5.41, 5.74) is 1.53. The van der Waals surface area contributed by atoms with Crippen molar-refractivity contribution in [2.45, 2.75) is 6.18 Å². The Kier molecular flexibility index (Phi) is 5.87. The van der Waals surface area contributed by atoms with Gasteiger partial charge in [-0.3, -0.25) is 4.79 Å². The van der Waals surface area contributed by atoms with Crippen molar-refractivity contribution in [1.82, 2.24) is 5.43 Å². The van der Waals surface area contributed by atoms with Gasteiger partial charge in [0.2, 0.25) is 0 Å². The smallest absolute Gasteiger partial charge is 0.267 e. The molecule has 0 bridgehead atoms. The number of alkyl halides is 3. The summed E-state index contributed by atoms with van der Waals surface area (Å²) in [7, 11) is 0. The third kappa shape index (κ3) is 5.12. The zero-order valence-corrected chi connectivity index (χ0v) is 13.3. The van der Waals surface area contributed by atoms with E-state index in [1.807, 2.05) is 0 Å². The second-order valence-electron chi connectivity index (χ2n) is 4.88. The highest BCUT2D eigenvalue weighted by molar-refractivity contribution is 6.31. The van der Waals surface area contributed by atoms with Crippen LogP contribution in [-0.4, -0.2) is 18.2 Å². The van der Waals surface area contributed by atoms with Crippen LogP contribution in [0.15, 0.2) is 58.8 Å². The molecule has 0 saturated carbocycles. The average Bonchev–Trinajstić information content (AvgIpc) is 2.57. The quantitative estimate of drug-likeness (QED) is 0.486. The molecule has 0 spiro atoms. The Bertz CT molecular complexity index is 822. The first-order valence-electron chi connectivity index (χ1n) is 6.90. The molecule has 1 amide bonds. The van der Waals surface area contributed by atoms with Crippen LogP contribution in [-0.2, 0) is 6.18 Å². The van der Waals surface area contributed by atoms with Crippen molar-refractivity contribution in [3.05, 3.63) is 75.2 Å². The Hall–Kier alpha value is -2.74. The normalized spacial score (nSPS) is 11.9. The fraction of sp³-hybridized carbons (Fsp3) is 0.125. The largest absolute Gasteiger partial charge is 0.416 e. The van der Waals surface area contributed by atoms with Gasteiger partial charge in [-0.15, -0.1) is 0 Å². The van der Waals surface area contributed by atoms with Crippen LogP contribution in [0.3, 0.4) is 0 Å². The molecule has 0 saturated heterocycles. The maximum Gasteiger partial charge on any atom is 0.416 e. The van der Waals surface area contributed by atoms with Crippen molar-refractivity contribution in [1.29, 1.82) is 0 Å². The van der Waals surface area contributed by atoms with Crippen molar-refractivity contribution in [2.75, 3.05) is 6.54 Å². The van der Waals surface area contributed by atoms with E-state index < -0.39 is 17.6 Å². The number of hydrogen-bond acceptors (Lipinski definition) is 4. The van der Waals surface area contributed by atoms with Crippen molar-refractivity contribution in [3.63, 3.8) is 0 Å². The molecule has 25 heavy (non-hydrogen) atoms. The number of nitrogens with zero attached hydrogens (tertiary/aromatic N) is 2. The van der Waals surface area contributed by atoms with Gasteiger partial charge in [0.15, 0.2) is 0 Å². The highest BCUT2D eigenvalue weighted by Gasteiger charge is 2.30. The number of nitroso groups, excluding NO2 is 1. The van der Waals surface area contributed by atoms with Crippen molar-refractivity contribution >= 4 is 23.2 Å². The molecule has 1 N–H and O–H groups in total. The SMILES string of the molecule is O=NCC(=NNC(=O)c1cccc(C(F)(F)F)c1)c1cccc(Cl)c1. The molecule has 0 aliphatic rings. The summed E-state index contributed by atoms with van der Waals surface area (Å²) >= 11 is 5.85. The number of nitrogens with one attached hydrogen (secondary N) is 1. The lowest BCUT2D eigenvalue weighted by Crippen LogP contribution is -2.21. The van der Waals surface area contributed by atoms with Crippen molar-refractivity contribution < 1.29 is 18.0 Å². The molecule has 2 aromatic rings. The highest BCUT2D eigenvalue weighted by Crippen LogP contribution is 2.29. The van der Waals surface area contributed by atoms with Crippen LogP contribution >= 0.6 is 11.6 Å². The number of carbonyl (C=O) groups excluding carboxylic acids is 1. The van der Waals surface area contributed by atoms with E-state index in [9.17, 15) is 22.9 Å². The first-order chi connectivity index (χ1) is 11.8. The molecule has 9 heteroatoms. The Labute approximate surface area is 145 Å². The second-order valence-corrected chi connectivity index (χ2v) is 5.31. The molecule has 0 unspecified atom stereocenters. The number of hydrogen-bond donors (Lipinski definition) is 1. The van der Waals surface area contributed by atoms with Crippen molar-refractivity contribution in [3.8, 4) is 0 Å². The van der Waals surface area contributed by atoms with Crippen LogP contribution in [0.2, 0.25) is 5.02 Å². The first kappa shape index (κ1) is 18.6. The van der Waals surface area contributed by atoms with Gasteiger partial charge in [0.25, 0.3) is 5.91 Å². The maximum absolute atomic E-state index is 12.7. The second kappa shape index (κ2) is 7.89. The van der Waals surface area contributed by atoms with Crippen LogP contribution in [0.4, 0.5) is 13.2 Å². The fourth-order valence-electron chi connectivity index (χ4n) is 1.94. The molecule has 0 radical (unpaired) electrons. The molecule has 2 rings (SSSR count). The van der Waals surface area contributed by atoms with Crippen molar-refractivity contribution in [2.24, 2.45) is 10.3 Å². The Morgan fingerprint density at radius 2 is 1.76 bits per heavy atom. The van der Waals surface area contributed by atoms with Gasteiger partial charge in [-0.2, -0.15) is 23.2 Å². The summed E-state index contributed by atoms with van der Waals surface area (Å²) < 4.78 is 38.1. The van der Waals surface area contributed by atoms with Gasteiger partial charge in [0.05, 0.1) is 11.3 Å². The summed E-state index contributed by atoms with van der Waals surface area (Å²) in [6, 6.07) is 10.2. The fourth-order valence-corrected chi connectivity index (χ4v) is 2.13. The van der Waals surface area contributed by atoms with Gasteiger partial charge in [-0.25, -0.2) is 5.43 Å². The zero-order valence-electron chi connectivity index (χ0n) is 12.5. The van der Waals surface area contributed by atoms with Gasteiger partial charge in [0.1, 0.15) is 6.54 Å². The summed E-state index contributed by atoms with van der Waals surface area (Å²) in [5, 5.41) is 6.88. The molecule has 0 atom stereocenters. The topological polar surface area (TPSA) is 70.9 Å². The lowest BCUT2D eigenvalue weighted by molar-refractivity contribution is -0.137. The number of carbonyl (C=O) groups is 1. The maximum atomic E-state index is 12.7. The molecule has 0 fully saturated rings. The number of amides is 1. The van der Waals surface area contributed by atoms with Crippen LogP contribution in [0.25, 0.3) is 0 Å². The number of rotatable bonds is 5. The van der Waals surface area contributed by atoms with Crippen LogP contribution in [0.5, 0.6) is 0 Å². The minimum absolute atomic E-state index is 0.123. The van der Waals surface area contributed by atoms with E-state index in [0.29, 0.717) is 16.7 Å². The van der Waals surface area contributed by atoms with E-state index in [0.717, 1.165) is 12.1 Å². The Morgan fingerprint density at radius 3 is 2.40 bits per heavy atom. The molecular formula is C16H11ClF3N3O2. The van der Waals surface area contributed by atoms with E-state index in [1.54, 1.807) is 18.2 Å². The minimum atomic E-state index is -4.56. The third-order valence-corrected chi connectivity index (χ3v) is 3.35. The monoisotopic (exact) mass is 369 g/mol. The van der Waals surface area contributed by atoms with Crippen LogP contribution in [0, 0.1) is 4.91 Å². The van der Waals surface area contributed by atoms with Gasteiger partial charge in [0, 0.05) is 16.1 Å². The molecular weight excluding hydrogens is 359 g/mol. The highest BCUT2D eigenvalue weighted by atomic mass is 35.5. The van der Waals surface area contributed by atoms with E-state index in [2.05, 4.69) is 15.7 Å². The van der Waals surface area contributed by atoms with Gasteiger partial charge >= 0.3 is 6.18 Å². The van der Waals surface area contributed by atoms with Crippen LogP contribution < -0.4 is 5.43 Å². The Balaban J connectivity index is 2.23. The van der Waals surface area contributed by atoms with Gasteiger partial charge in [-0.05, 0) is 30.3 Å².